The Balaban J connectivity index is 1.97. The van der Waals surface area contributed by atoms with Crippen molar-refractivity contribution in [3.63, 3.8) is 0 Å². The Kier molecular flexibility index (Phi) is 1.98. The first-order valence-electron chi connectivity index (χ1n) is 4.69. The summed E-state index contributed by atoms with van der Waals surface area (Å²) in [7, 11) is 0. The van der Waals surface area contributed by atoms with Gasteiger partial charge in [-0.2, -0.15) is 0 Å². The molecule has 0 aromatic rings. The maximum atomic E-state index is 10.6. The highest BCUT2D eigenvalue weighted by Gasteiger charge is 2.39. The molecule has 0 saturated heterocycles. The molecule has 1 saturated carbocycles. The van der Waals surface area contributed by atoms with Gasteiger partial charge in [0.1, 0.15) is 0 Å². The van der Waals surface area contributed by atoms with Crippen LogP contribution in [0.3, 0.4) is 0 Å². The van der Waals surface area contributed by atoms with E-state index in [1.54, 1.807) is 0 Å². The predicted octanol–water partition coefficient (Wildman–Crippen LogP) is 1.93. The number of hydrogen-bond donors (Lipinski definition) is 0. The minimum atomic E-state index is -0.195. The first kappa shape index (κ1) is 8.54. The molecular weight excluding hydrogens is 164 g/mol. The second kappa shape index (κ2) is 3.02. The third-order valence-corrected chi connectivity index (χ3v) is 3.05. The van der Waals surface area contributed by atoms with Gasteiger partial charge in [0.25, 0.3) is 0 Å². The Morgan fingerprint density at radius 3 is 3.00 bits per heavy atom. The van der Waals surface area contributed by atoms with Gasteiger partial charge < -0.3 is 4.74 Å². The van der Waals surface area contributed by atoms with E-state index in [4.69, 9.17) is 4.74 Å². The number of carbonyl (C=O) groups is 1. The number of hydrogen-bond acceptors (Lipinski definition) is 2. The second-order valence-corrected chi connectivity index (χ2v) is 3.87. The Morgan fingerprint density at radius 1 is 1.69 bits per heavy atom. The first-order chi connectivity index (χ1) is 6.18. The van der Waals surface area contributed by atoms with Gasteiger partial charge in [-0.3, -0.25) is 4.79 Å². The second-order valence-electron chi connectivity index (χ2n) is 3.87. The molecule has 3 atom stereocenters. The van der Waals surface area contributed by atoms with Crippen molar-refractivity contribution in [2.24, 2.45) is 17.8 Å². The highest BCUT2D eigenvalue weighted by atomic mass is 16.5. The maximum Gasteiger partial charge on any atom is 0.302 e. The Hall–Kier alpha value is -1.05. The van der Waals surface area contributed by atoms with Crippen molar-refractivity contribution in [1.29, 1.82) is 0 Å². The summed E-state index contributed by atoms with van der Waals surface area (Å²) in [6.07, 6.45) is 5.62. The SMILES string of the molecule is C=C1[C@H]2C=C[C@H](C2)[C@H]1COC(C)=O. The van der Waals surface area contributed by atoms with Crippen molar-refractivity contribution in [1.82, 2.24) is 0 Å². The zero-order chi connectivity index (χ0) is 9.42. The van der Waals surface area contributed by atoms with Crippen molar-refractivity contribution >= 4 is 5.97 Å². The van der Waals surface area contributed by atoms with Crippen LogP contribution in [-0.2, 0) is 9.53 Å². The van der Waals surface area contributed by atoms with Crippen LogP contribution in [-0.4, -0.2) is 12.6 Å². The van der Waals surface area contributed by atoms with E-state index in [9.17, 15) is 4.79 Å². The van der Waals surface area contributed by atoms with Gasteiger partial charge in [-0.25, -0.2) is 0 Å². The third kappa shape index (κ3) is 1.41. The number of ether oxygens (including phenoxy) is 1. The van der Waals surface area contributed by atoms with E-state index < -0.39 is 0 Å². The molecule has 0 aromatic carbocycles. The fourth-order valence-electron chi connectivity index (χ4n) is 2.29. The molecule has 70 valence electrons. The third-order valence-electron chi connectivity index (χ3n) is 3.05. The summed E-state index contributed by atoms with van der Waals surface area (Å²) in [4.78, 5) is 10.6. The molecule has 0 spiro atoms. The molecule has 2 bridgehead atoms. The summed E-state index contributed by atoms with van der Waals surface area (Å²) in [6.45, 7) is 6.02. The minimum absolute atomic E-state index is 0.195. The molecule has 2 nitrogen and oxygen atoms in total. The van der Waals surface area contributed by atoms with Crippen molar-refractivity contribution < 1.29 is 9.53 Å². The maximum absolute atomic E-state index is 10.6. The number of carbonyl (C=O) groups excluding carboxylic acids is 1. The predicted molar refractivity (Wildman–Crippen MR) is 50.0 cm³/mol. The van der Waals surface area contributed by atoms with E-state index in [2.05, 4.69) is 18.7 Å². The van der Waals surface area contributed by atoms with E-state index >= 15 is 0 Å². The van der Waals surface area contributed by atoms with E-state index in [-0.39, 0.29) is 5.97 Å². The molecule has 0 aromatic heterocycles. The number of rotatable bonds is 2. The molecule has 2 heteroatoms. The minimum Gasteiger partial charge on any atom is -0.465 e. The molecule has 0 amide bonds. The molecule has 2 aliphatic carbocycles. The summed E-state index contributed by atoms with van der Waals surface area (Å²) >= 11 is 0. The fourth-order valence-corrected chi connectivity index (χ4v) is 2.29. The molecule has 2 aliphatic rings. The van der Waals surface area contributed by atoms with Gasteiger partial charge in [-0.1, -0.05) is 24.3 Å². The summed E-state index contributed by atoms with van der Waals surface area (Å²) < 4.78 is 5.02. The lowest BCUT2D eigenvalue weighted by molar-refractivity contribution is -0.142. The van der Waals surface area contributed by atoms with Crippen LogP contribution in [0.2, 0.25) is 0 Å². The monoisotopic (exact) mass is 178 g/mol. The average Bonchev–Trinajstić information content (AvgIpc) is 2.61. The van der Waals surface area contributed by atoms with E-state index in [0.29, 0.717) is 24.4 Å². The summed E-state index contributed by atoms with van der Waals surface area (Å²) in [5.41, 5.74) is 1.24. The summed E-state index contributed by atoms with van der Waals surface area (Å²) in [5.74, 6) is 1.29. The lowest BCUT2D eigenvalue weighted by atomic mass is 9.90. The van der Waals surface area contributed by atoms with Gasteiger partial charge in [0, 0.05) is 12.8 Å². The average molecular weight is 178 g/mol. The van der Waals surface area contributed by atoms with Crippen molar-refractivity contribution in [3.8, 4) is 0 Å². The zero-order valence-electron chi connectivity index (χ0n) is 7.82. The highest BCUT2D eigenvalue weighted by molar-refractivity contribution is 5.65. The normalized spacial score (nSPS) is 35.5. The van der Waals surface area contributed by atoms with Crippen LogP contribution in [0.25, 0.3) is 0 Å². The smallest absolute Gasteiger partial charge is 0.302 e. The van der Waals surface area contributed by atoms with Gasteiger partial charge in [0.2, 0.25) is 0 Å². The van der Waals surface area contributed by atoms with Crippen LogP contribution in [0.5, 0.6) is 0 Å². The van der Waals surface area contributed by atoms with Crippen molar-refractivity contribution in [2.45, 2.75) is 13.3 Å². The first-order valence-corrected chi connectivity index (χ1v) is 4.69. The lowest BCUT2D eigenvalue weighted by Crippen LogP contribution is -2.18. The van der Waals surface area contributed by atoms with Gasteiger partial charge in [-0.15, -0.1) is 0 Å². The largest absolute Gasteiger partial charge is 0.465 e. The quantitative estimate of drug-likeness (QED) is 0.477. The van der Waals surface area contributed by atoms with Gasteiger partial charge >= 0.3 is 5.97 Å². The Bertz CT molecular complexity index is 278. The van der Waals surface area contributed by atoms with Gasteiger partial charge in [-0.05, 0) is 18.3 Å². The number of esters is 1. The van der Waals surface area contributed by atoms with Crippen molar-refractivity contribution in [3.05, 3.63) is 24.3 Å². The Labute approximate surface area is 78.3 Å². The topological polar surface area (TPSA) is 26.3 Å². The van der Waals surface area contributed by atoms with E-state index in [0.717, 1.165) is 0 Å². The number of fused-ring (bicyclic) bond motifs is 2. The van der Waals surface area contributed by atoms with Crippen LogP contribution in [0.1, 0.15) is 13.3 Å². The van der Waals surface area contributed by atoms with Crippen LogP contribution in [0.15, 0.2) is 24.3 Å². The molecule has 1 fully saturated rings. The highest BCUT2D eigenvalue weighted by Crippen LogP contribution is 2.46. The molecular formula is C11H14O2. The van der Waals surface area contributed by atoms with Gasteiger partial charge in [0.05, 0.1) is 6.61 Å². The number of allylic oxidation sites excluding steroid dienone is 2. The van der Waals surface area contributed by atoms with Gasteiger partial charge in [0.15, 0.2) is 0 Å². The molecule has 0 heterocycles. The van der Waals surface area contributed by atoms with E-state index in [1.807, 2.05) is 0 Å². The molecule has 0 radical (unpaired) electrons. The standard InChI is InChI=1S/C11H14O2/c1-7-9-3-4-10(5-9)11(7)6-13-8(2)12/h3-4,9-11H,1,5-6H2,2H3/t9-,10+,11-/m0/s1. The van der Waals surface area contributed by atoms with Crippen LogP contribution < -0.4 is 0 Å². The lowest BCUT2D eigenvalue weighted by Gasteiger charge is -2.19. The molecule has 13 heavy (non-hydrogen) atoms. The Morgan fingerprint density at radius 2 is 2.46 bits per heavy atom. The zero-order valence-corrected chi connectivity index (χ0v) is 7.82. The fraction of sp³-hybridized carbons (Fsp3) is 0.545. The van der Waals surface area contributed by atoms with E-state index in [1.165, 1.54) is 18.9 Å². The van der Waals surface area contributed by atoms with Crippen LogP contribution in [0, 0.1) is 17.8 Å². The van der Waals surface area contributed by atoms with Crippen LogP contribution in [0.4, 0.5) is 0 Å². The summed E-state index contributed by atoms with van der Waals surface area (Å²) in [6, 6.07) is 0. The molecule has 0 N–H and O–H groups in total. The van der Waals surface area contributed by atoms with Crippen molar-refractivity contribution in [2.75, 3.05) is 6.61 Å². The van der Waals surface area contributed by atoms with Crippen LogP contribution >= 0.6 is 0 Å². The summed E-state index contributed by atoms with van der Waals surface area (Å²) in [5, 5.41) is 0. The molecule has 0 unspecified atom stereocenters. The molecule has 0 aliphatic heterocycles. The molecule has 2 rings (SSSR count).